The Labute approximate surface area is 87.8 Å². The second-order valence-corrected chi connectivity index (χ2v) is 3.15. The molecular formula is C12H9N2O. The fraction of sp³-hybridized carbons (Fsp3) is 0.0833. The monoisotopic (exact) mass is 197 g/mol. The lowest BCUT2D eigenvalue weighted by atomic mass is 10.1. The second kappa shape index (κ2) is 4.00. The zero-order valence-corrected chi connectivity index (χ0v) is 8.27. The number of nitrogens with zero attached hydrogens (tertiary/aromatic N) is 2. The topological polar surface area (TPSA) is 42.9 Å². The van der Waals surface area contributed by atoms with E-state index in [4.69, 9.17) is 0 Å². The van der Waals surface area contributed by atoms with E-state index in [1.807, 2.05) is 12.1 Å². The summed E-state index contributed by atoms with van der Waals surface area (Å²) >= 11 is 0. The Hall–Kier alpha value is -2.03. The molecule has 0 aliphatic rings. The van der Waals surface area contributed by atoms with E-state index in [0.717, 1.165) is 5.56 Å². The van der Waals surface area contributed by atoms with Crippen molar-refractivity contribution in [1.82, 2.24) is 9.97 Å². The molecule has 0 N–H and O–H groups in total. The Kier molecular flexibility index (Phi) is 2.54. The zero-order valence-electron chi connectivity index (χ0n) is 8.27. The van der Waals surface area contributed by atoms with Crippen molar-refractivity contribution in [3.8, 4) is 11.4 Å². The van der Waals surface area contributed by atoms with Gasteiger partial charge in [-0.2, -0.15) is 0 Å². The fourth-order valence-electron chi connectivity index (χ4n) is 1.28. The summed E-state index contributed by atoms with van der Waals surface area (Å²) in [6, 6.07) is 8.89. The number of benzene rings is 1. The molecule has 0 saturated heterocycles. The molecule has 0 atom stereocenters. The molecular weight excluding hydrogens is 188 g/mol. The van der Waals surface area contributed by atoms with Crippen LogP contribution in [0.4, 0.5) is 0 Å². The quantitative estimate of drug-likeness (QED) is 0.693. The van der Waals surface area contributed by atoms with E-state index in [9.17, 15) is 4.79 Å². The van der Waals surface area contributed by atoms with Gasteiger partial charge in [-0.05, 0) is 19.1 Å². The summed E-state index contributed by atoms with van der Waals surface area (Å²) in [4.78, 5) is 19.3. The number of Topliss-reactive ketones (excluding diaryl/α,β-unsaturated/α-hetero) is 1. The van der Waals surface area contributed by atoms with Crippen molar-refractivity contribution >= 4 is 5.78 Å². The summed E-state index contributed by atoms with van der Waals surface area (Å²) < 4.78 is 0. The van der Waals surface area contributed by atoms with Gasteiger partial charge in [0.05, 0.1) is 6.20 Å². The first kappa shape index (κ1) is 9.52. The van der Waals surface area contributed by atoms with E-state index < -0.39 is 0 Å². The maximum Gasteiger partial charge on any atom is 0.159 e. The largest absolute Gasteiger partial charge is 0.295 e. The lowest BCUT2D eigenvalue weighted by Gasteiger charge is -2.00. The summed E-state index contributed by atoms with van der Waals surface area (Å²) in [5, 5.41) is 0. The lowest BCUT2D eigenvalue weighted by Crippen LogP contribution is -1.93. The highest BCUT2D eigenvalue weighted by atomic mass is 16.1. The highest BCUT2D eigenvalue weighted by molar-refractivity contribution is 5.95. The molecule has 0 fully saturated rings. The Morgan fingerprint density at radius 1 is 1.40 bits per heavy atom. The Balaban J connectivity index is 2.46. The molecule has 1 radical (unpaired) electrons. The number of hydrogen-bond donors (Lipinski definition) is 0. The van der Waals surface area contributed by atoms with Crippen molar-refractivity contribution in [2.24, 2.45) is 0 Å². The molecule has 0 spiro atoms. The van der Waals surface area contributed by atoms with Crippen molar-refractivity contribution in [2.45, 2.75) is 6.92 Å². The van der Waals surface area contributed by atoms with Gasteiger partial charge in [0, 0.05) is 17.3 Å². The van der Waals surface area contributed by atoms with Gasteiger partial charge >= 0.3 is 0 Å². The molecule has 1 aromatic carbocycles. The van der Waals surface area contributed by atoms with Crippen molar-refractivity contribution in [1.29, 1.82) is 0 Å². The summed E-state index contributed by atoms with van der Waals surface area (Å²) in [7, 11) is 0. The van der Waals surface area contributed by atoms with Crippen LogP contribution in [0.5, 0.6) is 0 Å². The number of carbonyl (C=O) groups is 1. The molecule has 0 saturated carbocycles. The molecule has 1 heterocycles. The summed E-state index contributed by atoms with van der Waals surface area (Å²) in [5.41, 5.74) is 1.50. The van der Waals surface area contributed by atoms with Crippen LogP contribution in [0.15, 0.2) is 36.5 Å². The van der Waals surface area contributed by atoms with Crippen molar-refractivity contribution in [3.63, 3.8) is 0 Å². The number of rotatable bonds is 2. The van der Waals surface area contributed by atoms with E-state index in [0.29, 0.717) is 11.4 Å². The molecule has 2 rings (SSSR count). The number of ketones is 1. The van der Waals surface area contributed by atoms with E-state index in [2.05, 4.69) is 16.2 Å². The minimum absolute atomic E-state index is 0.0387. The Bertz CT molecular complexity index is 480. The molecule has 0 aliphatic carbocycles. The summed E-state index contributed by atoms with van der Waals surface area (Å²) in [6.07, 6.45) is 4.34. The first-order valence-electron chi connectivity index (χ1n) is 4.58. The van der Waals surface area contributed by atoms with Gasteiger partial charge < -0.3 is 0 Å². The SMILES string of the molecule is CC(=O)c1cccc(-c2n[c]ccn2)c1. The van der Waals surface area contributed by atoms with Gasteiger partial charge in [0.15, 0.2) is 11.6 Å². The molecule has 1 aromatic heterocycles. The predicted molar refractivity (Wildman–Crippen MR) is 56.3 cm³/mol. The van der Waals surface area contributed by atoms with Crippen LogP contribution < -0.4 is 0 Å². The van der Waals surface area contributed by atoms with E-state index in [1.165, 1.54) is 6.92 Å². The first-order valence-corrected chi connectivity index (χ1v) is 4.58. The highest BCUT2D eigenvalue weighted by Crippen LogP contribution is 2.15. The van der Waals surface area contributed by atoms with Crippen LogP contribution in [0.1, 0.15) is 17.3 Å². The van der Waals surface area contributed by atoms with Gasteiger partial charge in [0.2, 0.25) is 0 Å². The normalized spacial score (nSPS) is 9.93. The van der Waals surface area contributed by atoms with Gasteiger partial charge in [-0.3, -0.25) is 4.79 Å². The van der Waals surface area contributed by atoms with Crippen LogP contribution in [0.2, 0.25) is 0 Å². The molecule has 0 aliphatic heterocycles. The number of aromatic nitrogens is 2. The molecule has 0 bridgehead atoms. The van der Waals surface area contributed by atoms with Crippen LogP contribution in [0.25, 0.3) is 11.4 Å². The van der Waals surface area contributed by atoms with E-state index >= 15 is 0 Å². The first-order chi connectivity index (χ1) is 7.27. The average Bonchev–Trinajstić information content (AvgIpc) is 2.30. The molecule has 0 amide bonds. The smallest absolute Gasteiger partial charge is 0.159 e. The third kappa shape index (κ3) is 2.07. The molecule has 2 aromatic rings. The maximum atomic E-state index is 11.2. The minimum atomic E-state index is 0.0387. The van der Waals surface area contributed by atoms with Crippen LogP contribution in [-0.4, -0.2) is 15.8 Å². The Morgan fingerprint density at radius 2 is 2.27 bits per heavy atom. The zero-order chi connectivity index (χ0) is 10.7. The number of carbonyl (C=O) groups excluding carboxylic acids is 1. The third-order valence-corrected chi connectivity index (χ3v) is 2.04. The fourth-order valence-corrected chi connectivity index (χ4v) is 1.28. The minimum Gasteiger partial charge on any atom is -0.295 e. The summed E-state index contributed by atoms with van der Waals surface area (Å²) in [5.74, 6) is 0.623. The van der Waals surface area contributed by atoms with Crippen LogP contribution >= 0.6 is 0 Å². The standard InChI is InChI=1S/C12H9N2O/c1-9(15)10-4-2-5-11(8-10)12-13-6-3-7-14-12/h2-6,8H,1H3. The Morgan fingerprint density at radius 3 is 2.93 bits per heavy atom. The van der Waals surface area contributed by atoms with Gasteiger partial charge in [0.25, 0.3) is 0 Å². The molecule has 3 nitrogen and oxygen atoms in total. The van der Waals surface area contributed by atoms with Gasteiger partial charge in [-0.25, -0.2) is 9.97 Å². The molecule has 3 heteroatoms. The van der Waals surface area contributed by atoms with Gasteiger partial charge in [-0.15, -0.1) is 0 Å². The van der Waals surface area contributed by atoms with Crippen molar-refractivity contribution in [3.05, 3.63) is 48.3 Å². The summed E-state index contributed by atoms with van der Waals surface area (Å²) in [6.45, 7) is 1.54. The van der Waals surface area contributed by atoms with Crippen LogP contribution in [0.3, 0.4) is 0 Å². The molecule has 0 unspecified atom stereocenters. The lowest BCUT2D eigenvalue weighted by molar-refractivity contribution is 0.101. The van der Waals surface area contributed by atoms with Crippen LogP contribution in [-0.2, 0) is 0 Å². The second-order valence-electron chi connectivity index (χ2n) is 3.15. The third-order valence-electron chi connectivity index (χ3n) is 2.04. The molecule has 73 valence electrons. The van der Waals surface area contributed by atoms with Crippen molar-refractivity contribution < 1.29 is 4.79 Å². The van der Waals surface area contributed by atoms with E-state index in [-0.39, 0.29) is 5.78 Å². The van der Waals surface area contributed by atoms with Gasteiger partial charge in [0.1, 0.15) is 0 Å². The highest BCUT2D eigenvalue weighted by Gasteiger charge is 2.03. The van der Waals surface area contributed by atoms with Gasteiger partial charge in [-0.1, -0.05) is 18.2 Å². The molecule has 15 heavy (non-hydrogen) atoms. The average molecular weight is 197 g/mol. The van der Waals surface area contributed by atoms with E-state index in [1.54, 1.807) is 24.4 Å². The predicted octanol–water partition coefficient (Wildman–Crippen LogP) is 2.15. The van der Waals surface area contributed by atoms with Crippen LogP contribution in [0, 0.1) is 6.20 Å². The maximum absolute atomic E-state index is 11.2. The number of hydrogen-bond acceptors (Lipinski definition) is 3. The van der Waals surface area contributed by atoms with Crippen molar-refractivity contribution in [2.75, 3.05) is 0 Å².